The lowest BCUT2D eigenvalue weighted by Gasteiger charge is -2.32. The van der Waals surface area contributed by atoms with Crippen LogP contribution in [-0.2, 0) is 9.53 Å². The molecule has 0 aliphatic carbocycles. The maximum Gasteiger partial charge on any atom is 0.311 e. The SMILES string of the molecule is CN(C)CCOC(=O)C(CC(C)(C)C)C(C)(C)O. The van der Waals surface area contributed by atoms with Crippen molar-refractivity contribution in [2.45, 2.75) is 46.6 Å². The second kappa shape index (κ2) is 6.53. The van der Waals surface area contributed by atoms with Crippen LogP contribution >= 0.6 is 0 Å². The molecular weight excluding hydrogens is 230 g/mol. The van der Waals surface area contributed by atoms with Gasteiger partial charge < -0.3 is 14.7 Å². The van der Waals surface area contributed by atoms with Crippen molar-refractivity contribution >= 4 is 5.97 Å². The van der Waals surface area contributed by atoms with Gasteiger partial charge in [-0.05, 0) is 39.8 Å². The normalized spacial score (nSPS) is 14.7. The molecule has 1 atom stereocenters. The van der Waals surface area contributed by atoms with Gasteiger partial charge in [-0.3, -0.25) is 4.79 Å². The van der Waals surface area contributed by atoms with E-state index in [1.165, 1.54) is 0 Å². The van der Waals surface area contributed by atoms with Crippen molar-refractivity contribution in [2.24, 2.45) is 11.3 Å². The fourth-order valence-corrected chi connectivity index (χ4v) is 1.66. The topological polar surface area (TPSA) is 49.8 Å². The van der Waals surface area contributed by atoms with Crippen LogP contribution in [0.3, 0.4) is 0 Å². The largest absolute Gasteiger partial charge is 0.464 e. The molecule has 0 bridgehead atoms. The van der Waals surface area contributed by atoms with Crippen LogP contribution in [0.5, 0.6) is 0 Å². The van der Waals surface area contributed by atoms with Gasteiger partial charge in [-0.15, -0.1) is 0 Å². The third-order valence-corrected chi connectivity index (χ3v) is 2.74. The zero-order valence-corrected chi connectivity index (χ0v) is 12.9. The standard InChI is InChI=1S/C14H29NO3/c1-13(2,3)10-11(14(4,5)17)12(16)18-9-8-15(6)7/h11,17H,8-10H2,1-7H3. The van der Waals surface area contributed by atoms with Crippen molar-refractivity contribution in [3.05, 3.63) is 0 Å². The van der Waals surface area contributed by atoms with Gasteiger partial charge in [0.05, 0.1) is 11.5 Å². The summed E-state index contributed by atoms with van der Waals surface area (Å²) in [6.45, 7) is 10.5. The lowest BCUT2D eigenvalue weighted by Crippen LogP contribution is -2.40. The first kappa shape index (κ1) is 17.4. The first-order valence-electron chi connectivity index (χ1n) is 6.47. The Labute approximate surface area is 111 Å². The van der Waals surface area contributed by atoms with Crippen LogP contribution in [0.1, 0.15) is 41.0 Å². The molecule has 0 fully saturated rings. The Hall–Kier alpha value is -0.610. The molecule has 0 aromatic rings. The maximum absolute atomic E-state index is 12.0. The summed E-state index contributed by atoms with van der Waals surface area (Å²) in [6, 6.07) is 0. The predicted octanol–water partition coefficient (Wildman–Crippen LogP) is 1.91. The molecule has 4 heteroatoms. The van der Waals surface area contributed by atoms with Crippen molar-refractivity contribution < 1.29 is 14.6 Å². The molecule has 0 aromatic carbocycles. The van der Waals surface area contributed by atoms with Crippen LogP contribution in [0.2, 0.25) is 0 Å². The van der Waals surface area contributed by atoms with Crippen molar-refractivity contribution in [1.82, 2.24) is 4.90 Å². The zero-order valence-electron chi connectivity index (χ0n) is 12.9. The van der Waals surface area contributed by atoms with Crippen LogP contribution in [0.4, 0.5) is 0 Å². The molecule has 0 amide bonds. The first-order chi connectivity index (χ1) is 7.93. The fourth-order valence-electron chi connectivity index (χ4n) is 1.66. The Morgan fingerprint density at radius 1 is 1.22 bits per heavy atom. The van der Waals surface area contributed by atoms with Gasteiger partial charge in [-0.1, -0.05) is 20.8 Å². The number of ether oxygens (including phenoxy) is 1. The van der Waals surface area contributed by atoms with Crippen molar-refractivity contribution in [1.29, 1.82) is 0 Å². The van der Waals surface area contributed by atoms with E-state index in [2.05, 4.69) is 20.8 Å². The van der Waals surface area contributed by atoms with Gasteiger partial charge in [-0.25, -0.2) is 0 Å². The highest BCUT2D eigenvalue weighted by atomic mass is 16.5. The van der Waals surface area contributed by atoms with E-state index in [0.717, 1.165) is 0 Å². The van der Waals surface area contributed by atoms with E-state index < -0.39 is 11.5 Å². The Balaban J connectivity index is 4.53. The molecule has 1 N–H and O–H groups in total. The summed E-state index contributed by atoms with van der Waals surface area (Å²) in [5.41, 5.74) is -1.08. The van der Waals surface area contributed by atoms with E-state index in [4.69, 9.17) is 4.74 Å². The highest BCUT2D eigenvalue weighted by Gasteiger charge is 2.37. The quantitative estimate of drug-likeness (QED) is 0.740. The third kappa shape index (κ3) is 7.67. The van der Waals surface area contributed by atoms with Crippen LogP contribution in [0.15, 0.2) is 0 Å². The molecule has 0 aliphatic heterocycles. The van der Waals surface area contributed by atoms with Gasteiger partial charge >= 0.3 is 5.97 Å². The van der Waals surface area contributed by atoms with Crippen LogP contribution < -0.4 is 0 Å². The molecular formula is C14H29NO3. The highest BCUT2D eigenvalue weighted by Crippen LogP contribution is 2.31. The third-order valence-electron chi connectivity index (χ3n) is 2.74. The van der Waals surface area contributed by atoms with E-state index in [0.29, 0.717) is 19.6 Å². The average molecular weight is 259 g/mol. The number of rotatable bonds is 6. The highest BCUT2D eigenvalue weighted by molar-refractivity contribution is 5.73. The van der Waals surface area contributed by atoms with Crippen molar-refractivity contribution in [2.75, 3.05) is 27.2 Å². The molecule has 0 aliphatic rings. The molecule has 18 heavy (non-hydrogen) atoms. The molecule has 108 valence electrons. The molecule has 1 unspecified atom stereocenters. The van der Waals surface area contributed by atoms with Gasteiger partial charge in [0.2, 0.25) is 0 Å². The van der Waals surface area contributed by atoms with E-state index in [-0.39, 0.29) is 11.4 Å². The molecule has 0 saturated heterocycles. The van der Waals surface area contributed by atoms with E-state index in [9.17, 15) is 9.90 Å². The molecule has 0 spiro atoms. The predicted molar refractivity (Wildman–Crippen MR) is 73.4 cm³/mol. The summed E-state index contributed by atoms with van der Waals surface area (Å²) >= 11 is 0. The molecule has 0 rings (SSSR count). The van der Waals surface area contributed by atoms with Gasteiger partial charge in [0, 0.05) is 6.54 Å². The van der Waals surface area contributed by atoms with Gasteiger partial charge in [0.25, 0.3) is 0 Å². The second-order valence-electron chi connectivity index (χ2n) is 6.94. The van der Waals surface area contributed by atoms with E-state index in [1.54, 1.807) is 13.8 Å². The molecule has 0 aromatic heterocycles. The summed E-state index contributed by atoms with van der Waals surface area (Å²) in [4.78, 5) is 14.0. The molecule has 0 saturated carbocycles. The molecule has 0 radical (unpaired) electrons. The molecule has 0 heterocycles. The summed E-state index contributed by atoms with van der Waals surface area (Å²) in [7, 11) is 3.85. The van der Waals surface area contributed by atoms with E-state index in [1.807, 2.05) is 19.0 Å². The monoisotopic (exact) mass is 259 g/mol. The number of carbonyl (C=O) groups is 1. The maximum atomic E-state index is 12.0. The number of hydrogen-bond donors (Lipinski definition) is 1. The Kier molecular flexibility index (Phi) is 6.30. The second-order valence-corrected chi connectivity index (χ2v) is 6.94. The summed E-state index contributed by atoms with van der Waals surface area (Å²) in [6.07, 6.45) is 0.608. The summed E-state index contributed by atoms with van der Waals surface area (Å²) in [5.74, 6) is -0.793. The fraction of sp³-hybridized carbons (Fsp3) is 0.929. The number of nitrogens with zero attached hydrogens (tertiary/aromatic N) is 1. The Bertz CT molecular complexity index is 261. The average Bonchev–Trinajstić information content (AvgIpc) is 2.10. The first-order valence-corrected chi connectivity index (χ1v) is 6.47. The zero-order chi connectivity index (χ0) is 14.6. The number of aliphatic hydroxyl groups is 1. The summed E-state index contributed by atoms with van der Waals surface area (Å²) in [5, 5.41) is 10.1. The van der Waals surface area contributed by atoms with Gasteiger partial charge in [0.1, 0.15) is 6.61 Å². The smallest absolute Gasteiger partial charge is 0.311 e. The minimum Gasteiger partial charge on any atom is -0.464 e. The number of hydrogen-bond acceptors (Lipinski definition) is 4. The number of carbonyl (C=O) groups excluding carboxylic acids is 1. The minimum atomic E-state index is -1.05. The Morgan fingerprint density at radius 3 is 2.06 bits per heavy atom. The van der Waals surface area contributed by atoms with Crippen LogP contribution in [0, 0.1) is 11.3 Å². The Morgan fingerprint density at radius 2 is 1.72 bits per heavy atom. The summed E-state index contributed by atoms with van der Waals surface area (Å²) < 4.78 is 5.25. The van der Waals surface area contributed by atoms with E-state index >= 15 is 0 Å². The number of likely N-dealkylation sites (N-methyl/N-ethyl adjacent to an activating group) is 1. The lowest BCUT2D eigenvalue weighted by atomic mass is 9.77. The lowest BCUT2D eigenvalue weighted by molar-refractivity contribution is -0.159. The van der Waals surface area contributed by atoms with Crippen molar-refractivity contribution in [3.8, 4) is 0 Å². The number of esters is 1. The van der Waals surface area contributed by atoms with Gasteiger partial charge in [-0.2, -0.15) is 0 Å². The minimum absolute atomic E-state index is 0.0226. The van der Waals surface area contributed by atoms with Gasteiger partial charge in [0.15, 0.2) is 0 Å². The van der Waals surface area contributed by atoms with Crippen LogP contribution in [0.25, 0.3) is 0 Å². The van der Waals surface area contributed by atoms with Crippen LogP contribution in [-0.4, -0.2) is 48.8 Å². The molecule has 4 nitrogen and oxygen atoms in total. The van der Waals surface area contributed by atoms with Crippen molar-refractivity contribution in [3.63, 3.8) is 0 Å².